The summed E-state index contributed by atoms with van der Waals surface area (Å²) in [6.07, 6.45) is 3.57. The summed E-state index contributed by atoms with van der Waals surface area (Å²) in [6, 6.07) is 13.9. The molecular weight excluding hydrogens is 416 g/mol. The normalized spacial score (nSPS) is 15.8. The zero-order valence-electron chi connectivity index (χ0n) is 19.6. The number of aliphatic hydroxyl groups is 1. The molecule has 0 saturated carbocycles. The Morgan fingerprint density at radius 3 is 2.45 bits per heavy atom. The first-order valence-electron chi connectivity index (χ1n) is 11.5. The predicted octanol–water partition coefficient (Wildman–Crippen LogP) is 3.47. The molecule has 1 aromatic heterocycles. The van der Waals surface area contributed by atoms with Crippen LogP contribution in [0.25, 0.3) is 22.2 Å². The largest absolute Gasteiger partial charge is 0.396 e. The third-order valence-electron chi connectivity index (χ3n) is 6.49. The van der Waals surface area contributed by atoms with Crippen LogP contribution in [0.4, 0.5) is 0 Å². The van der Waals surface area contributed by atoms with Crippen LogP contribution >= 0.6 is 0 Å². The number of imidazole rings is 1. The highest BCUT2D eigenvalue weighted by Gasteiger charge is 2.38. The Morgan fingerprint density at radius 2 is 1.76 bits per heavy atom. The molecule has 4 rings (SSSR count). The van der Waals surface area contributed by atoms with E-state index in [2.05, 4.69) is 23.2 Å². The lowest BCUT2D eigenvalue weighted by Crippen LogP contribution is -2.62. The number of carbonyl (C=O) groups is 2. The van der Waals surface area contributed by atoms with Crippen LogP contribution in [0.3, 0.4) is 0 Å². The lowest BCUT2D eigenvalue weighted by molar-refractivity contribution is -0.135. The minimum atomic E-state index is -0.454. The number of aromatic nitrogens is 2. The van der Waals surface area contributed by atoms with Crippen molar-refractivity contribution in [2.45, 2.75) is 38.6 Å². The molecule has 0 atom stereocenters. The highest BCUT2D eigenvalue weighted by Crippen LogP contribution is 2.27. The van der Waals surface area contributed by atoms with Crippen molar-refractivity contribution < 1.29 is 14.7 Å². The van der Waals surface area contributed by atoms with Gasteiger partial charge in [-0.3, -0.25) is 9.59 Å². The monoisotopic (exact) mass is 448 g/mol. The molecule has 2 aromatic carbocycles. The average Bonchev–Trinajstić information content (AvgIpc) is 3.18. The maximum Gasteiger partial charge on any atom is 0.254 e. The van der Waals surface area contributed by atoms with Crippen LogP contribution in [0.15, 0.2) is 48.8 Å². The van der Waals surface area contributed by atoms with Gasteiger partial charge >= 0.3 is 0 Å². The number of nitrogens with zero attached hydrogens (tertiary/aromatic N) is 4. The molecule has 0 spiro atoms. The van der Waals surface area contributed by atoms with Crippen LogP contribution in [0.5, 0.6) is 0 Å². The summed E-state index contributed by atoms with van der Waals surface area (Å²) in [6.45, 7) is 5.68. The van der Waals surface area contributed by atoms with E-state index in [9.17, 15) is 9.59 Å². The Hall–Kier alpha value is -3.19. The molecule has 3 aromatic rings. The molecule has 1 N–H and O–H groups in total. The highest BCUT2D eigenvalue weighted by molar-refractivity contribution is 5.95. The Balaban J connectivity index is 1.45. The zero-order valence-corrected chi connectivity index (χ0v) is 19.6. The van der Waals surface area contributed by atoms with Gasteiger partial charge in [0.05, 0.1) is 22.9 Å². The molecule has 2 amide bonds. The van der Waals surface area contributed by atoms with Crippen LogP contribution < -0.4 is 0 Å². The van der Waals surface area contributed by atoms with Crippen LogP contribution in [0.2, 0.25) is 0 Å². The Bertz CT molecular complexity index is 1150. The number of aryl methyl sites for hydroxylation is 1. The van der Waals surface area contributed by atoms with Crippen molar-refractivity contribution in [1.29, 1.82) is 0 Å². The van der Waals surface area contributed by atoms with E-state index in [0.29, 0.717) is 44.5 Å². The predicted molar refractivity (Wildman–Crippen MR) is 129 cm³/mol. The smallest absolute Gasteiger partial charge is 0.254 e. The molecule has 0 unspecified atom stereocenters. The molecule has 174 valence electrons. The first-order valence-corrected chi connectivity index (χ1v) is 11.5. The van der Waals surface area contributed by atoms with E-state index >= 15 is 0 Å². The standard InChI is InChI=1S/C26H32N4O3/c1-26(2)17-29(24(32)6-4-5-15-31)13-14-30(26)25(33)20-9-7-19(8-10-20)21-11-12-23-22(16-21)27-18-28(23)3/h7-12,16,18,31H,4-6,13-15,17H2,1-3H3. The Labute approximate surface area is 194 Å². The number of benzene rings is 2. The number of carbonyl (C=O) groups excluding carboxylic acids is 2. The van der Waals surface area contributed by atoms with Crippen molar-refractivity contribution in [3.63, 3.8) is 0 Å². The summed E-state index contributed by atoms with van der Waals surface area (Å²) in [5.74, 6) is 0.0805. The van der Waals surface area contributed by atoms with Gasteiger partial charge in [-0.2, -0.15) is 0 Å². The molecule has 1 aliphatic rings. The van der Waals surface area contributed by atoms with Gasteiger partial charge in [-0.1, -0.05) is 18.2 Å². The number of rotatable bonds is 6. The van der Waals surface area contributed by atoms with Crippen molar-refractivity contribution in [3.8, 4) is 11.1 Å². The number of aliphatic hydroxyl groups excluding tert-OH is 1. The van der Waals surface area contributed by atoms with E-state index in [1.165, 1.54) is 0 Å². The van der Waals surface area contributed by atoms with Gasteiger partial charge in [-0.15, -0.1) is 0 Å². The second kappa shape index (κ2) is 9.35. The summed E-state index contributed by atoms with van der Waals surface area (Å²) < 4.78 is 1.99. The summed E-state index contributed by atoms with van der Waals surface area (Å²) in [7, 11) is 1.98. The topological polar surface area (TPSA) is 78.7 Å². The third kappa shape index (κ3) is 4.78. The van der Waals surface area contributed by atoms with Crippen molar-refractivity contribution in [3.05, 3.63) is 54.4 Å². The molecule has 0 aliphatic carbocycles. The van der Waals surface area contributed by atoms with E-state index < -0.39 is 5.54 Å². The van der Waals surface area contributed by atoms with E-state index in [1.807, 2.05) is 59.5 Å². The fourth-order valence-corrected chi connectivity index (χ4v) is 4.57. The summed E-state index contributed by atoms with van der Waals surface area (Å²) in [4.78, 5) is 34.0. The maximum absolute atomic E-state index is 13.3. The quantitative estimate of drug-likeness (QED) is 0.586. The molecule has 1 fully saturated rings. The van der Waals surface area contributed by atoms with Gasteiger partial charge in [0, 0.05) is 45.3 Å². The van der Waals surface area contributed by atoms with Crippen LogP contribution in [0.1, 0.15) is 43.5 Å². The summed E-state index contributed by atoms with van der Waals surface area (Å²) >= 11 is 0. The number of hydrogen-bond acceptors (Lipinski definition) is 4. The molecule has 1 aliphatic heterocycles. The van der Waals surface area contributed by atoms with Gasteiger partial charge in [0.2, 0.25) is 5.91 Å². The van der Waals surface area contributed by atoms with Gasteiger partial charge in [0.25, 0.3) is 5.91 Å². The number of amides is 2. The molecule has 0 bridgehead atoms. The second-order valence-electron chi connectivity index (χ2n) is 9.40. The van der Waals surface area contributed by atoms with Gasteiger partial charge in [0.15, 0.2) is 0 Å². The first-order chi connectivity index (χ1) is 15.8. The summed E-state index contributed by atoms with van der Waals surface area (Å²) in [5.41, 5.74) is 4.32. The lowest BCUT2D eigenvalue weighted by Gasteiger charge is -2.47. The van der Waals surface area contributed by atoms with Crippen molar-refractivity contribution >= 4 is 22.8 Å². The minimum absolute atomic E-state index is 0.0147. The van der Waals surface area contributed by atoms with E-state index in [-0.39, 0.29) is 18.4 Å². The first kappa shape index (κ1) is 23.0. The van der Waals surface area contributed by atoms with E-state index in [4.69, 9.17) is 5.11 Å². The average molecular weight is 449 g/mol. The molecule has 7 nitrogen and oxygen atoms in total. The molecular formula is C26H32N4O3. The Morgan fingerprint density at radius 1 is 1.03 bits per heavy atom. The van der Waals surface area contributed by atoms with Gasteiger partial charge in [-0.25, -0.2) is 4.98 Å². The Kier molecular flexibility index (Phi) is 6.51. The van der Waals surface area contributed by atoms with E-state index in [1.54, 1.807) is 6.33 Å². The van der Waals surface area contributed by atoms with Gasteiger partial charge < -0.3 is 19.5 Å². The fraction of sp³-hybridized carbons (Fsp3) is 0.423. The third-order valence-corrected chi connectivity index (χ3v) is 6.49. The molecule has 33 heavy (non-hydrogen) atoms. The number of fused-ring (bicyclic) bond motifs is 1. The van der Waals surface area contributed by atoms with Crippen molar-refractivity contribution in [2.75, 3.05) is 26.2 Å². The molecule has 1 saturated heterocycles. The van der Waals surface area contributed by atoms with Crippen molar-refractivity contribution in [2.24, 2.45) is 7.05 Å². The number of piperazine rings is 1. The second-order valence-corrected chi connectivity index (χ2v) is 9.40. The summed E-state index contributed by atoms with van der Waals surface area (Å²) in [5, 5.41) is 8.93. The number of hydrogen-bond donors (Lipinski definition) is 1. The minimum Gasteiger partial charge on any atom is -0.396 e. The van der Waals surface area contributed by atoms with Crippen LogP contribution in [-0.4, -0.2) is 68.1 Å². The van der Waals surface area contributed by atoms with Crippen LogP contribution in [-0.2, 0) is 11.8 Å². The fourth-order valence-electron chi connectivity index (χ4n) is 4.57. The molecule has 0 radical (unpaired) electrons. The zero-order chi connectivity index (χ0) is 23.6. The highest BCUT2D eigenvalue weighted by atomic mass is 16.3. The van der Waals surface area contributed by atoms with Gasteiger partial charge in [0.1, 0.15) is 0 Å². The molecule has 2 heterocycles. The van der Waals surface area contributed by atoms with E-state index in [0.717, 1.165) is 22.2 Å². The maximum atomic E-state index is 13.3. The van der Waals surface area contributed by atoms with Crippen LogP contribution in [0, 0.1) is 0 Å². The SMILES string of the molecule is Cn1cnc2cc(-c3ccc(C(=O)N4CCN(C(=O)CCCCO)CC4(C)C)cc3)ccc21. The van der Waals surface area contributed by atoms with Gasteiger partial charge in [-0.05, 0) is 62.1 Å². The molecule has 7 heteroatoms. The number of unbranched alkanes of at least 4 members (excludes halogenated alkanes) is 1. The lowest BCUT2D eigenvalue weighted by atomic mass is 9.96. The van der Waals surface area contributed by atoms with Crippen molar-refractivity contribution in [1.82, 2.24) is 19.4 Å².